The Balaban J connectivity index is 1.06. The third-order valence-corrected chi connectivity index (χ3v) is 13.0. The van der Waals surface area contributed by atoms with Crippen LogP contribution in [0.25, 0.3) is 88.0 Å². The Morgan fingerprint density at radius 2 is 0.918 bits per heavy atom. The Hall–Kier alpha value is -7.68. The Kier molecular flexibility index (Phi) is 7.92. The molecule has 0 saturated carbocycles. The van der Waals surface area contributed by atoms with Crippen molar-refractivity contribution in [2.24, 2.45) is 0 Å². The van der Waals surface area contributed by atoms with E-state index in [0.29, 0.717) is 0 Å². The van der Waals surface area contributed by atoms with E-state index in [4.69, 9.17) is 4.42 Å². The number of hydrogen-bond acceptors (Lipinski definition) is 2. The highest BCUT2D eigenvalue weighted by molar-refractivity contribution is 6.21. The van der Waals surface area contributed by atoms with Crippen molar-refractivity contribution in [3.05, 3.63) is 223 Å². The number of furan rings is 1. The lowest BCUT2D eigenvalue weighted by Crippen LogP contribution is -2.16. The first-order valence-electron chi connectivity index (χ1n) is 21.2. The van der Waals surface area contributed by atoms with E-state index in [9.17, 15) is 0 Å². The number of benzene rings is 10. The quantitative estimate of drug-likeness (QED) is 0.167. The molecular weight excluding hydrogens is 739 g/mol. The topological polar surface area (TPSA) is 16.4 Å². The maximum absolute atomic E-state index is 7.14. The second-order valence-corrected chi connectivity index (χ2v) is 16.9. The minimum absolute atomic E-state index is 0.118. The minimum atomic E-state index is -0.118. The highest BCUT2D eigenvalue weighted by Gasteiger charge is 2.35. The predicted octanol–water partition coefficient (Wildman–Crippen LogP) is 16.7. The van der Waals surface area contributed by atoms with Crippen molar-refractivity contribution in [3.63, 3.8) is 0 Å². The van der Waals surface area contributed by atoms with Crippen LogP contribution in [0.15, 0.2) is 217 Å². The van der Waals surface area contributed by atoms with Crippen molar-refractivity contribution in [2.45, 2.75) is 19.3 Å². The van der Waals surface area contributed by atoms with Crippen LogP contribution in [0.1, 0.15) is 25.0 Å². The van der Waals surface area contributed by atoms with Gasteiger partial charge in [0.2, 0.25) is 0 Å². The number of rotatable bonds is 6. The van der Waals surface area contributed by atoms with E-state index in [2.05, 4.69) is 231 Å². The lowest BCUT2D eigenvalue weighted by molar-refractivity contribution is 0.660. The van der Waals surface area contributed by atoms with Crippen LogP contribution in [-0.4, -0.2) is 0 Å². The minimum Gasteiger partial charge on any atom is -0.455 e. The molecule has 0 bridgehead atoms. The summed E-state index contributed by atoms with van der Waals surface area (Å²) in [5, 5.41) is 6.96. The highest BCUT2D eigenvalue weighted by Crippen LogP contribution is 2.51. The van der Waals surface area contributed by atoms with Gasteiger partial charge in [0.1, 0.15) is 11.2 Å². The molecule has 61 heavy (non-hydrogen) atoms. The molecule has 2 nitrogen and oxygen atoms in total. The smallest absolute Gasteiger partial charge is 0.143 e. The number of nitrogens with zero attached hydrogens (tertiary/aromatic N) is 1. The van der Waals surface area contributed by atoms with E-state index in [1.54, 1.807) is 0 Å². The zero-order chi connectivity index (χ0) is 40.7. The fourth-order valence-electron chi connectivity index (χ4n) is 10.0. The molecule has 1 aromatic heterocycles. The zero-order valence-corrected chi connectivity index (χ0v) is 34.1. The summed E-state index contributed by atoms with van der Waals surface area (Å²) in [5.74, 6) is 0. The van der Waals surface area contributed by atoms with Crippen LogP contribution in [0, 0.1) is 0 Å². The summed E-state index contributed by atoms with van der Waals surface area (Å²) >= 11 is 0. The fourth-order valence-corrected chi connectivity index (χ4v) is 10.0. The third kappa shape index (κ3) is 5.56. The maximum atomic E-state index is 7.14. The summed E-state index contributed by atoms with van der Waals surface area (Å²) in [5.41, 5.74) is 17.3. The van der Waals surface area contributed by atoms with Crippen LogP contribution >= 0.6 is 0 Å². The van der Waals surface area contributed by atoms with Gasteiger partial charge in [-0.15, -0.1) is 0 Å². The van der Waals surface area contributed by atoms with Gasteiger partial charge < -0.3 is 9.32 Å². The van der Waals surface area contributed by atoms with E-state index in [1.165, 1.54) is 49.5 Å². The number of anilines is 3. The molecule has 288 valence electrons. The van der Waals surface area contributed by atoms with Gasteiger partial charge in [-0.05, 0) is 115 Å². The van der Waals surface area contributed by atoms with Crippen molar-refractivity contribution in [1.82, 2.24) is 0 Å². The SMILES string of the molecule is CC1(C)c2ccccc2-c2ccc(N(c3ccc(-c4c(-c5ccccc5)ccc5c4oc4c6ccccc6c(-c6ccccc6)cc54)cc3)c3ccc4ccccc4c3)cc21. The predicted molar refractivity (Wildman–Crippen MR) is 257 cm³/mol. The molecule has 11 aromatic rings. The van der Waals surface area contributed by atoms with Crippen molar-refractivity contribution in [2.75, 3.05) is 4.90 Å². The molecule has 0 spiro atoms. The first kappa shape index (κ1) is 35.3. The lowest BCUT2D eigenvalue weighted by Gasteiger charge is -2.28. The van der Waals surface area contributed by atoms with Gasteiger partial charge in [0.05, 0.1) is 0 Å². The number of fused-ring (bicyclic) bond motifs is 9. The van der Waals surface area contributed by atoms with Gasteiger partial charge >= 0.3 is 0 Å². The van der Waals surface area contributed by atoms with Crippen LogP contribution in [0.2, 0.25) is 0 Å². The Bertz CT molecular complexity index is 3490. The molecule has 2 heteroatoms. The van der Waals surface area contributed by atoms with E-state index in [1.807, 2.05) is 0 Å². The Morgan fingerprint density at radius 1 is 0.344 bits per heavy atom. The molecule has 0 aliphatic heterocycles. The second kappa shape index (κ2) is 13.7. The summed E-state index contributed by atoms with van der Waals surface area (Å²) in [6.45, 7) is 4.70. The molecule has 1 aliphatic rings. The van der Waals surface area contributed by atoms with E-state index < -0.39 is 0 Å². The van der Waals surface area contributed by atoms with Gasteiger partial charge in [0, 0.05) is 44.2 Å². The maximum Gasteiger partial charge on any atom is 0.143 e. The molecule has 0 atom stereocenters. The molecule has 1 heterocycles. The molecule has 0 radical (unpaired) electrons. The molecular formula is C59H41NO. The van der Waals surface area contributed by atoms with Crippen molar-refractivity contribution < 1.29 is 4.42 Å². The second-order valence-electron chi connectivity index (χ2n) is 16.9. The molecule has 10 aromatic carbocycles. The van der Waals surface area contributed by atoms with Gasteiger partial charge in [-0.3, -0.25) is 0 Å². The van der Waals surface area contributed by atoms with Crippen LogP contribution in [0.5, 0.6) is 0 Å². The highest BCUT2D eigenvalue weighted by atomic mass is 16.3. The standard InChI is InChI=1S/C59H41NO/c1-59(2)54-24-14-13-22-48(54)49-32-31-45(36-55(49)59)60(44-30-25-38-15-9-10-20-42(38)35-44)43-28-26-41(27-29-43)56-46(39-16-5-3-6-17-39)33-34-51-53-37-52(40-18-7-4-8-19-40)47-21-11-12-23-50(47)57(53)61-58(51)56/h3-37H,1-2H3. The summed E-state index contributed by atoms with van der Waals surface area (Å²) in [6.07, 6.45) is 0. The average molecular weight is 780 g/mol. The van der Waals surface area contributed by atoms with Gasteiger partial charge in [0.15, 0.2) is 0 Å². The first-order valence-corrected chi connectivity index (χ1v) is 21.2. The molecule has 0 fully saturated rings. The van der Waals surface area contributed by atoms with E-state index >= 15 is 0 Å². The lowest BCUT2D eigenvalue weighted by atomic mass is 9.82. The third-order valence-electron chi connectivity index (χ3n) is 13.0. The molecule has 0 amide bonds. The molecule has 0 unspecified atom stereocenters. The summed E-state index contributed by atoms with van der Waals surface area (Å²) in [4.78, 5) is 2.41. The van der Waals surface area contributed by atoms with Crippen LogP contribution in [-0.2, 0) is 5.41 Å². The zero-order valence-electron chi connectivity index (χ0n) is 34.1. The Labute approximate surface area is 355 Å². The summed E-state index contributed by atoms with van der Waals surface area (Å²) < 4.78 is 7.14. The van der Waals surface area contributed by atoms with Crippen molar-refractivity contribution in [3.8, 4) is 44.5 Å². The normalized spacial score (nSPS) is 12.9. The summed E-state index contributed by atoms with van der Waals surface area (Å²) in [7, 11) is 0. The monoisotopic (exact) mass is 779 g/mol. The van der Waals surface area contributed by atoms with Crippen molar-refractivity contribution in [1.29, 1.82) is 0 Å². The van der Waals surface area contributed by atoms with E-state index in [0.717, 1.165) is 66.6 Å². The first-order chi connectivity index (χ1) is 30.0. The van der Waals surface area contributed by atoms with Gasteiger partial charge in [-0.25, -0.2) is 0 Å². The van der Waals surface area contributed by atoms with Crippen LogP contribution < -0.4 is 4.90 Å². The number of hydrogen-bond donors (Lipinski definition) is 0. The molecule has 1 aliphatic carbocycles. The molecule has 12 rings (SSSR count). The van der Waals surface area contributed by atoms with Gasteiger partial charge in [-0.1, -0.05) is 178 Å². The molecule has 0 N–H and O–H groups in total. The largest absolute Gasteiger partial charge is 0.455 e. The molecule has 0 saturated heterocycles. The summed E-state index contributed by atoms with van der Waals surface area (Å²) in [6, 6.07) is 77.3. The van der Waals surface area contributed by atoms with Crippen LogP contribution in [0.3, 0.4) is 0 Å². The fraction of sp³-hybridized carbons (Fsp3) is 0.0508. The van der Waals surface area contributed by atoms with Gasteiger partial charge in [0.25, 0.3) is 0 Å². The van der Waals surface area contributed by atoms with Gasteiger partial charge in [-0.2, -0.15) is 0 Å². The van der Waals surface area contributed by atoms with E-state index in [-0.39, 0.29) is 5.41 Å². The van der Waals surface area contributed by atoms with Crippen LogP contribution in [0.4, 0.5) is 17.1 Å². The average Bonchev–Trinajstić information content (AvgIpc) is 3.81. The van der Waals surface area contributed by atoms with Crippen molar-refractivity contribution >= 4 is 60.5 Å². The Morgan fingerprint density at radius 3 is 1.70 bits per heavy atom.